The van der Waals surface area contributed by atoms with Crippen molar-refractivity contribution in [1.82, 2.24) is 19.7 Å². The lowest BCUT2D eigenvalue weighted by Crippen LogP contribution is -2.36. The highest BCUT2D eigenvalue weighted by atomic mass is 16.2. The summed E-state index contributed by atoms with van der Waals surface area (Å²) in [5.41, 5.74) is 7.02. The number of carbonyl (C=O) groups excluding carboxylic acids is 1. The minimum Gasteiger partial charge on any atom is -0.332 e. The van der Waals surface area contributed by atoms with Gasteiger partial charge in [-0.05, 0) is 42.8 Å². The summed E-state index contributed by atoms with van der Waals surface area (Å²) < 4.78 is 2.02. The van der Waals surface area contributed by atoms with Gasteiger partial charge in [0.1, 0.15) is 0 Å². The number of pyridine rings is 1. The van der Waals surface area contributed by atoms with Gasteiger partial charge in [-0.1, -0.05) is 54.6 Å². The molecule has 0 N–H and O–H groups in total. The molecule has 0 atom stereocenters. The molecule has 1 amide bonds. The van der Waals surface area contributed by atoms with Crippen LogP contribution < -0.4 is 0 Å². The third-order valence-electron chi connectivity index (χ3n) is 6.22. The molecule has 0 unspecified atom stereocenters. The Morgan fingerprint density at radius 1 is 0.848 bits per heavy atom. The fourth-order valence-electron chi connectivity index (χ4n) is 4.61. The van der Waals surface area contributed by atoms with E-state index < -0.39 is 0 Å². The van der Waals surface area contributed by atoms with E-state index in [1.807, 2.05) is 64.2 Å². The number of amides is 1. The van der Waals surface area contributed by atoms with Gasteiger partial charge in [0, 0.05) is 34.8 Å². The van der Waals surface area contributed by atoms with Gasteiger partial charge in [0.05, 0.1) is 29.1 Å². The molecular weight excluding hydrogens is 408 g/mol. The number of rotatable bonds is 3. The lowest BCUT2D eigenvalue weighted by atomic mass is 9.99. The first-order valence-corrected chi connectivity index (χ1v) is 11.1. The Hall–Kier alpha value is -4.25. The smallest absolute Gasteiger partial charge is 0.254 e. The minimum atomic E-state index is 0.0296. The SMILES string of the molecule is O=C(c1ccc2ncccc2c1)N1CCc2c(nn(-c3ccccc3)c2-c2ccccc2)C1. The third kappa shape index (κ3) is 3.48. The molecule has 0 aliphatic carbocycles. The average Bonchev–Trinajstić information content (AvgIpc) is 3.28. The molecule has 0 saturated heterocycles. The maximum Gasteiger partial charge on any atom is 0.254 e. The topological polar surface area (TPSA) is 51.0 Å². The summed E-state index contributed by atoms with van der Waals surface area (Å²) in [6, 6.07) is 30.2. The summed E-state index contributed by atoms with van der Waals surface area (Å²) in [5, 5.41) is 5.96. The highest BCUT2D eigenvalue weighted by Gasteiger charge is 2.28. The molecule has 1 aliphatic rings. The second kappa shape index (κ2) is 8.02. The maximum absolute atomic E-state index is 13.4. The zero-order valence-corrected chi connectivity index (χ0v) is 18.1. The van der Waals surface area contributed by atoms with E-state index in [0.717, 1.165) is 40.0 Å². The van der Waals surface area contributed by atoms with Crippen molar-refractivity contribution in [3.63, 3.8) is 0 Å². The molecule has 160 valence electrons. The summed E-state index contributed by atoms with van der Waals surface area (Å²) in [4.78, 5) is 19.6. The molecule has 0 fully saturated rings. The monoisotopic (exact) mass is 430 g/mol. The predicted molar refractivity (Wildman–Crippen MR) is 129 cm³/mol. The van der Waals surface area contributed by atoms with Gasteiger partial charge in [-0.25, -0.2) is 4.68 Å². The van der Waals surface area contributed by atoms with Crippen molar-refractivity contribution in [2.45, 2.75) is 13.0 Å². The van der Waals surface area contributed by atoms with Gasteiger partial charge in [-0.3, -0.25) is 9.78 Å². The molecule has 0 bridgehead atoms. The Morgan fingerprint density at radius 2 is 1.64 bits per heavy atom. The summed E-state index contributed by atoms with van der Waals surface area (Å²) in [6.07, 6.45) is 2.54. The lowest BCUT2D eigenvalue weighted by molar-refractivity contribution is 0.0732. The van der Waals surface area contributed by atoms with E-state index >= 15 is 0 Å². The summed E-state index contributed by atoms with van der Waals surface area (Å²) >= 11 is 0. The van der Waals surface area contributed by atoms with Crippen molar-refractivity contribution < 1.29 is 4.79 Å². The number of benzene rings is 3. The first kappa shape index (κ1) is 19.4. The van der Waals surface area contributed by atoms with Crippen molar-refractivity contribution in [3.05, 3.63) is 114 Å². The van der Waals surface area contributed by atoms with Gasteiger partial charge in [0.25, 0.3) is 5.91 Å². The first-order chi connectivity index (χ1) is 16.3. The van der Waals surface area contributed by atoms with E-state index in [2.05, 4.69) is 41.4 Å². The molecule has 3 aromatic carbocycles. The molecule has 0 spiro atoms. The highest BCUT2D eigenvalue weighted by Crippen LogP contribution is 2.33. The number of hydrogen-bond donors (Lipinski definition) is 0. The second-order valence-corrected chi connectivity index (χ2v) is 8.27. The Bertz CT molecular complexity index is 1460. The van der Waals surface area contributed by atoms with E-state index in [4.69, 9.17) is 5.10 Å². The van der Waals surface area contributed by atoms with Crippen LogP contribution in [0.4, 0.5) is 0 Å². The fraction of sp³-hybridized carbons (Fsp3) is 0.107. The molecule has 5 nitrogen and oxygen atoms in total. The summed E-state index contributed by atoms with van der Waals surface area (Å²) in [6.45, 7) is 1.16. The lowest BCUT2D eigenvalue weighted by Gasteiger charge is -2.26. The van der Waals surface area contributed by atoms with Crippen LogP contribution in [0, 0.1) is 0 Å². The number of hydrogen-bond acceptors (Lipinski definition) is 3. The van der Waals surface area contributed by atoms with E-state index in [1.165, 1.54) is 5.56 Å². The third-order valence-corrected chi connectivity index (χ3v) is 6.22. The average molecular weight is 431 g/mol. The van der Waals surface area contributed by atoms with Gasteiger partial charge in [0.15, 0.2) is 0 Å². The largest absolute Gasteiger partial charge is 0.332 e. The number of para-hydroxylation sites is 1. The van der Waals surface area contributed by atoms with Crippen LogP contribution in [0.3, 0.4) is 0 Å². The molecule has 33 heavy (non-hydrogen) atoms. The van der Waals surface area contributed by atoms with Crippen molar-refractivity contribution >= 4 is 16.8 Å². The number of aromatic nitrogens is 3. The van der Waals surface area contributed by atoms with E-state index in [1.54, 1.807) is 6.20 Å². The maximum atomic E-state index is 13.4. The van der Waals surface area contributed by atoms with Crippen LogP contribution in [0.5, 0.6) is 0 Å². The van der Waals surface area contributed by atoms with Crippen molar-refractivity contribution in [2.24, 2.45) is 0 Å². The quantitative estimate of drug-likeness (QED) is 0.391. The molecule has 5 heteroatoms. The molecule has 1 aliphatic heterocycles. The zero-order valence-electron chi connectivity index (χ0n) is 18.1. The standard InChI is InChI=1S/C28H22N4O/c33-28(22-13-14-25-21(18-22)10-7-16-29-25)31-17-15-24-26(19-31)30-32(23-11-5-2-6-12-23)27(24)20-8-3-1-4-9-20/h1-14,16,18H,15,17,19H2. The Morgan fingerprint density at radius 3 is 2.45 bits per heavy atom. The molecular formula is C28H22N4O. The van der Waals surface area contributed by atoms with E-state index in [-0.39, 0.29) is 5.91 Å². The van der Waals surface area contributed by atoms with Crippen LogP contribution in [0.1, 0.15) is 21.6 Å². The van der Waals surface area contributed by atoms with Gasteiger partial charge in [-0.2, -0.15) is 5.10 Å². The van der Waals surface area contributed by atoms with Gasteiger partial charge >= 0.3 is 0 Å². The molecule has 2 aromatic heterocycles. The fourth-order valence-corrected chi connectivity index (χ4v) is 4.61. The van der Waals surface area contributed by atoms with E-state index in [9.17, 15) is 4.79 Å². The highest BCUT2D eigenvalue weighted by molar-refractivity contribution is 5.98. The molecule has 6 rings (SSSR count). The van der Waals surface area contributed by atoms with Crippen molar-refractivity contribution in [1.29, 1.82) is 0 Å². The molecule has 0 radical (unpaired) electrons. The number of fused-ring (bicyclic) bond motifs is 2. The summed E-state index contributed by atoms with van der Waals surface area (Å²) in [7, 11) is 0. The normalized spacial score (nSPS) is 13.2. The number of carbonyl (C=O) groups is 1. The molecule has 3 heterocycles. The number of nitrogens with zero attached hydrogens (tertiary/aromatic N) is 4. The minimum absolute atomic E-state index is 0.0296. The van der Waals surface area contributed by atoms with Crippen LogP contribution in [0.15, 0.2) is 97.2 Å². The Labute approximate surface area is 191 Å². The van der Waals surface area contributed by atoms with E-state index in [0.29, 0.717) is 18.7 Å². The van der Waals surface area contributed by atoms with Crippen molar-refractivity contribution in [3.8, 4) is 16.9 Å². The zero-order chi connectivity index (χ0) is 22.2. The van der Waals surface area contributed by atoms with Crippen LogP contribution in [-0.4, -0.2) is 32.1 Å². The van der Waals surface area contributed by atoms with Crippen LogP contribution >= 0.6 is 0 Å². The van der Waals surface area contributed by atoms with Crippen LogP contribution in [0.2, 0.25) is 0 Å². The first-order valence-electron chi connectivity index (χ1n) is 11.1. The van der Waals surface area contributed by atoms with Gasteiger partial charge in [-0.15, -0.1) is 0 Å². The van der Waals surface area contributed by atoms with Gasteiger partial charge < -0.3 is 4.90 Å². The second-order valence-electron chi connectivity index (χ2n) is 8.27. The van der Waals surface area contributed by atoms with Crippen LogP contribution in [0.25, 0.3) is 27.8 Å². The Balaban J connectivity index is 1.38. The summed E-state index contributed by atoms with van der Waals surface area (Å²) in [5.74, 6) is 0.0296. The van der Waals surface area contributed by atoms with Gasteiger partial charge in [0.2, 0.25) is 0 Å². The van der Waals surface area contributed by atoms with Crippen LogP contribution in [-0.2, 0) is 13.0 Å². The Kier molecular flexibility index (Phi) is 4.73. The van der Waals surface area contributed by atoms with Crippen molar-refractivity contribution in [2.75, 3.05) is 6.54 Å². The predicted octanol–water partition coefficient (Wildman–Crippen LogP) is 5.29. The molecule has 0 saturated carbocycles. The molecule has 5 aromatic rings.